The summed E-state index contributed by atoms with van der Waals surface area (Å²) < 4.78 is 26.0. The number of aromatic nitrogens is 2. The van der Waals surface area contributed by atoms with Crippen LogP contribution in [0.1, 0.15) is 5.56 Å². The third kappa shape index (κ3) is 2.88. The average Bonchev–Trinajstić information content (AvgIpc) is 2.30. The third-order valence-electron chi connectivity index (χ3n) is 2.11. The lowest BCUT2D eigenvalue weighted by Gasteiger charge is -2.07. The van der Waals surface area contributed by atoms with Crippen molar-refractivity contribution in [2.45, 2.75) is 6.54 Å². The Morgan fingerprint density at radius 2 is 1.94 bits per heavy atom. The summed E-state index contributed by atoms with van der Waals surface area (Å²) in [5.41, 5.74) is 0.327. The topological polar surface area (TPSA) is 37.8 Å². The van der Waals surface area contributed by atoms with Gasteiger partial charge in [0.05, 0.1) is 0 Å². The monoisotopic (exact) mass is 255 g/mol. The van der Waals surface area contributed by atoms with E-state index in [2.05, 4.69) is 15.3 Å². The molecule has 0 bridgehead atoms. The molecule has 17 heavy (non-hydrogen) atoms. The highest BCUT2D eigenvalue weighted by atomic mass is 35.5. The number of hydrogen-bond acceptors (Lipinski definition) is 3. The van der Waals surface area contributed by atoms with E-state index in [1.54, 1.807) is 0 Å². The quantitative estimate of drug-likeness (QED) is 0.916. The van der Waals surface area contributed by atoms with E-state index in [9.17, 15) is 8.78 Å². The van der Waals surface area contributed by atoms with Crippen molar-refractivity contribution in [1.82, 2.24) is 9.97 Å². The Kier molecular flexibility index (Phi) is 3.49. The largest absolute Gasteiger partial charge is 0.363 e. The molecule has 1 N–H and O–H groups in total. The van der Waals surface area contributed by atoms with Crippen molar-refractivity contribution in [3.8, 4) is 0 Å². The minimum Gasteiger partial charge on any atom is -0.363 e. The Hall–Kier alpha value is -1.75. The lowest BCUT2D eigenvalue weighted by molar-refractivity contribution is 0.574. The van der Waals surface area contributed by atoms with E-state index in [4.69, 9.17) is 11.6 Å². The van der Waals surface area contributed by atoms with Gasteiger partial charge in [0.25, 0.3) is 0 Å². The highest BCUT2D eigenvalue weighted by Crippen LogP contribution is 2.16. The Labute approximate surface area is 101 Å². The van der Waals surface area contributed by atoms with Gasteiger partial charge >= 0.3 is 0 Å². The molecule has 0 aliphatic carbocycles. The van der Waals surface area contributed by atoms with Crippen LogP contribution < -0.4 is 5.32 Å². The SMILES string of the molecule is Fc1ccc(CNc2nccnc2Cl)c(F)c1. The van der Waals surface area contributed by atoms with Gasteiger partial charge < -0.3 is 5.32 Å². The predicted octanol–water partition coefficient (Wildman–Crippen LogP) is 3.02. The molecule has 0 atom stereocenters. The van der Waals surface area contributed by atoms with Crippen molar-refractivity contribution in [3.05, 3.63) is 52.9 Å². The van der Waals surface area contributed by atoms with Crippen molar-refractivity contribution >= 4 is 17.4 Å². The molecule has 0 amide bonds. The lowest BCUT2D eigenvalue weighted by Crippen LogP contribution is -2.04. The van der Waals surface area contributed by atoms with Crippen LogP contribution in [0.3, 0.4) is 0 Å². The Balaban J connectivity index is 2.10. The van der Waals surface area contributed by atoms with Crippen molar-refractivity contribution in [1.29, 1.82) is 0 Å². The first-order valence-corrected chi connectivity index (χ1v) is 5.19. The van der Waals surface area contributed by atoms with E-state index < -0.39 is 11.6 Å². The van der Waals surface area contributed by atoms with Crippen LogP contribution in [0.5, 0.6) is 0 Å². The molecule has 2 aromatic rings. The minimum atomic E-state index is -0.613. The molecule has 1 aromatic carbocycles. The normalized spacial score (nSPS) is 10.3. The Morgan fingerprint density at radius 1 is 1.18 bits per heavy atom. The molecule has 1 heterocycles. The first kappa shape index (κ1) is 11.7. The van der Waals surface area contributed by atoms with Gasteiger partial charge in [0.15, 0.2) is 11.0 Å². The van der Waals surface area contributed by atoms with Crippen LogP contribution in [0, 0.1) is 11.6 Å². The van der Waals surface area contributed by atoms with E-state index in [1.165, 1.54) is 24.5 Å². The number of rotatable bonds is 3. The van der Waals surface area contributed by atoms with Crippen molar-refractivity contribution in [2.24, 2.45) is 0 Å². The van der Waals surface area contributed by atoms with E-state index in [-0.39, 0.29) is 11.7 Å². The van der Waals surface area contributed by atoms with Gasteiger partial charge in [-0.15, -0.1) is 0 Å². The molecule has 0 aliphatic heterocycles. The summed E-state index contributed by atoms with van der Waals surface area (Å²) in [5, 5.41) is 3.03. The van der Waals surface area contributed by atoms with Gasteiger partial charge in [-0.2, -0.15) is 0 Å². The zero-order valence-corrected chi connectivity index (χ0v) is 9.38. The summed E-state index contributed by atoms with van der Waals surface area (Å²) in [6, 6.07) is 3.38. The maximum absolute atomic E-state index is 13.3. The standard InChI is InChI=1S/C11H8ClF2N3/c12-10-11(16-4-3-15-10)17-6-7-1-2-8(13)5-9(7)14/h1-5H,6H2,(H,16,17). The molecule has 0 saturated carbocycles. The van der Waals surface area contributed by atoms with Gasteiger partial charge in [-0.1, -0.05) is 17.7 Å². The summed E-state index contributed by atoms with van der Waals surface area (Å²) in [6.45, 7) is 0.157. The van der Waals surface area contributed by atoms with Crippen molar-refractivity contribution < 1.29 is 8.78 Å². The summed E-state index contributed by atoms with van der Waals surface area (Å²) in [7, 11) is 0. The van der Waals surface area contributed by atoms with Crippen LogP contribution >= 0.6 is 11.6 Å². The van der Waals surface area contributed by atoms with E-state index >= 15 is 0 Å². The fourth-order valence-electron chi connectivity index (χ4n) is 1.28. The van der Waals surface area contributed by atoms with Crippen LogP contribution in [0.15, 0.2) is 30.6 Å². The minimum absolute atomic E-state index is 0.157. The molecule has 0 saturated heterocycles. The number of benzene rings is 1. The fourth-order valence-corrected chi connectivity index (χ4v) is 1.46. The fraction of sp³-hybridized carbons (Fsp3) is 0.0909. The molecule has 0 aliphatic rings. The van der Waals surface area contributed by atoms with E-state index in [0.717, 1.165) is 6.07 Å². The highest BCUT2D eigenvalue weighted by molar-refractivity contribution is 6.31. The maximum atomic E-state index is 13.3. The molecule has 88 valence electrons. The molecular weight excluding hydrogens is 248 g/mol. The van der Waals surface area contributed by atoms with Crippen LogP contribution in [0.25, 0.3) is 0 Å². The average molecular weight is 256 g/mol. The summed E-state index contributed by atoms with van der Waals surface area (Å²) in [6.07, 6.45) is 2.92. The molecule has 0 radical (unpaired) electrons. The number of nitrogens with one attached hydrogen (secondary N) is 1. The highest BCUT2D eigenvalue weighted by Gasteiger charge is 2.05. The number of halogens is 3. The molecule has 0 spiro atoms. The van der Waals surface area contributed by atoms with Crippen LogP contribution in [0.4, 0.5) is 14.6 Å². The molecule has 0 unspecified atom stereocenters. The Bertz CT molecular complexity index is 534. The van der Waals surface area contributed by atoms with Crippen LogP contribution in [0.2, 0.25) is 5.15 Å². The molecule has 1 aromatic heterocycles. The second-order valence-electron chi connectivity index (χ2n) is 3.29. The van der Waals surface area contributed by atoms with Gasteiger partial charge in [0, 0.05) is 30.6 Å². The van der Waals surface area contributed by atoms with Crippen LogP contribution in [-0.2, 0) is 6.54 Å². The first-order valence-electron chi connectivity index (χ1n) is 4.81. The molecule has 6 heteroatoms. The van der Waals surface area contributed by atoms with Crippen LogP contribution in [-0.4, -0.2) is 9.97 Å². The molecule has 3 nitrogen and oxygen atoms in total. The maximum Gasteiger partial charge on any atom is 0.171 e. The van der Waals surface area contributed by atoms with Gasteiger partial charge in [0.1, 0.15) is 11.6 Å². The molecule has 0 fully saturated rings. The van der Waals surface area contributed by atoms with Gasteiger partial charge in [-0.3, -0.25) is 0 Å². The second kappa shape index (κ2) is 5.05. The van der Waals surface area contributed by atoms with Gasteiger partial charge in [-0.05, 0) is 6.07 Å². The number of anilines is 1. The summed E-state index contributed by atoms with van der Waals surface area (Å²) >= 11 is 5.77. The molecule has 2 rings (SSSR count). The van der Waals surface area contributed by atoms with Crippen molar-refractivity contribution in [2.75, 3.05) is 5.32 Å². The predicted molar refractivity (Wildman–Crippen MR) is 60.7 cm³/mol. The van der Waals surface area contributed by atoms with Gasteiger partial charge in [-0.25, -0.2) is 18.7 Å². The first-order chi connectivity index (χ1) is 8.16. The number of nitrogens with zero attached hydrogens (tertiary/aromatic N) is 2. The van der Waals surface area contributed by atoms with Gasteiger partial charge in [0.2, 0.25) is 0 Å². The molecular formula is C11H8ClF2N3. The van der Waals surface area contributed by atoms with E-state index in [0.29, 0.717) is 11.4 Å². The smallest absolute Gasteiger partial charge is 0.171 e. The summed E-state index contributed by atoms with van der Waals surface area (Å²) in [5.74, 6) is -0.862. The summed E-state index contributed by atoms with van der Waals surface area (Å²) in [4.78, 5) is 7.75. The zero-order chi connectivity index (χ0) is 12.3. The number of hydrogen-bond donors (Lipinski definition) is 1. The van der Waals surface area contributed by atoms with E-state index in [1.807, 2.05) is 0 Å². The van der Waals surface area contributed by atoms with Crippen molar-refractivity contribution in [3.63, 3.8) is 0 Å². The second-order valence-corrected chi connectivity index (χ2v) is 3.64. The third-order valence-corrected chi connectivity index (χ3v) is 2.39. The Morgan fingerprint density at radius 3 is 2.65 bits per heavy atom. The lowest BCUT2D eigenvalue weighted by atomic mass is 10.2. The zero-order valence-electron chi connectivity index (χ0n) is 8.62.